The molecule has 1 heterocycles. The van der Waals surface area contributed by atoms with E-state index in [1.54, 1.807) is 7.05 Å². The van der Waals surface area contributed by atoms with E-state index in [-0.39, 0.29) is 24.0 Å². The first-order valence-electron chi connectivity index (χ1n) is 10.3. The van der Waals surface area contributed by atoms with E-state index in [4.69, 9.17) is 25.8 Å². The van der Waals surface area contributed by atoms with Gasteiger partial charge in [-0.2, -0.15) is 0 Å². The maximum Gasteiger partial charge on any atom is 0.191 e. The Balaban J connectivity index is 0.00000300. The molecule has 0 saturated heterocycles. The van der Waals surface area contributed by atoms with Crippen molar-refractivity contribution in [2.75, 3.05) is 40.0 Å². The highest BCUT2D eigenvalue weighted by Crippen LogP contribution is 2.40. The first kappa shape index (κ1) is 24.3. The second kappa shape index (κ2) is 12.1. The van der Waals surface area contributed by atoms with Crippen molar-refractivity contribution in [3.8, 4) is 11.5 Å². The molecular formula is C21H33ClIN3O3. The number of halogens is 2. The van der Waals surface area contributed by atoms with Crippen LogP contribution < -0.4 is 20.1 Å². The molecule has 0 radical (unpaired) electrons. The van der Waals surface area contributed by atoms with Crippen LogP contribution in [0.5, 0.6) is 11.5 Å². The maximum atomic E-state index is 6.33. The second-order valence-corrected chi connectivity index (χ2v) is 7.94. The van der Waals surface area contributed by atoms with Gasteiger partial charge in [-0.3, -0.25) is 4.99 Å². The molecule has 1 aliphatic heterocycles. The number of nitrogens with zero attached hydrogens (tertiary/aromatic N) is 1. The van der Waals surface area contributed by atoms with Crippen LogP contribution in [0.2, 0.25) is 5.02 Å². The molecule has 0 amide bonds. The highest BCUT2D eigenvalue weighted by molar-refractivity contribution is 14.0. The van der Waals surface area contributed by atoms with Gasteiger partial charge in [0.2, 0.25) is 0 Å². The number of guanidine groups is 1. The fraction of sp³-hybridized carbons (Fsp3) is 0.667. The van der Waals surface area contributed by atoms with Crippen LogP contribution in [0, 0.1) is 5.41 Å². The summed E-state index contributed by atoms with van der Waals surface area (Å²) in [5.74, 6) is 2.14. The van der Waals surface area contributed by atoms with Gasteiger partial charge in [-0.15, -0.1) is 24.0 Å². The topological polar surface area (TPSA) is 64.1 Å². The summed E-state index contributed by atoms with van der Waals surface area (Å²) in [5, 5.41) is 7.48. The zero-order valence-corrected chi connectivity index (χ0v) is 20.5. The van der Waals surface area contributed by atoms with Gasteiger partial charge in [-0.1, -0.05) is 24.4 Å². The normalized spacial score (nSPS) is 17.6. The quantitative estimate of drug-likeness (QED) is 0.223. The van der Waals surface area contributed by atoms with Gasteiger partial charge in [0.05, 0.1) is 5.02 Å². The molecule has 0 unspecified atom stereocenters. The molecule has 1 aromatic rings. The lowest BCUT2D eigenvalue weighted by Crippen LogP contribution is -2.43. The van der Waals surface area contributed by atoms with Crippen LogP contribution in [0.4, 0.5) is 0 Å². The summed E-state index contributed by atoms with van der Waals surface area (Å²) >= 11 is 6.33. The first-order chi connectivity index (χ1) is 13.7. The lowest BCUT2D eigenvalue weighted by Gasteiger charge is -2.30. The Bertz CT molecular complexity index is 681. The number of aliphatic imine (C=N–C) groups is 1. The summed E-state index contributed by atoms with van der Waals surface area (Å²) in [6.45, 7) is 6.28. The fourth-order valence-corrected chi connectivity index (χ4v) is 4.30. The van der Waals surface area contributed by atoms with Crippen molar-refractivity contribution in [1.29, 1.82) is 0 Å². The molecule has 6 nitrogen and oxygen atoms in total. The average molecular weight is 538 g/mol. The van der Waals surface area contributed by atoms with E-state index < -0.39 is 0 Å². The van der Waals surface area contributed by atoms with E-state index >= 15 is 0 Å². The van der Waals surface area contributed by atoms with E-state index in [0.717, 1.165) is 37.7 Å². The first-order valence-corrected chi connectivity index (χ1v) is 10.6. The van der Waals surface area contributed by atoms with Crippen LogP contribution in [0.25, 0.3) is 0 Å². The molecule has 1 saturated carbocycles. The number of ether oxygens (including phenoxy) is 3. The van der Waals surface area contributed by atoms with E-state index in [1.807, 2.05) is 12.1 Å². The monoisotopic (exact) mass is 537 g/mol. The van der Waals surface area contributed by atoms with Crippen LogP contribution in [0.3, 0.4) is 0 Å². The molecule has 0 spiro atoms. The number of hydrogen-bond acceptors (Lipinski definition) is 4. The van der Waals surface area contributed by atoms with Crippen molar-refractivity contribution >= 4 is 41.5 Å². The fourth-order valence-electron chi connectivity index (χ4n) is 4.02. The molecule has 0 aromatic heterocycles. The molecule has 0 atom stereocenters. The van der Waals surface area contributed by atoms with Gasteiger partial charge >= 0.3 is 0 Å². The van der Waals surface area contributed by atoms with Gasteiger partial charge in [0.25, 0.3) is 0 Å². The zero-order chi connectivity index (χ0) is 19.8. The third-order valence-corrected chi connectivity index (χ3v) is 5.90. The highest BCUT2D eigenvalue weighted by atomic mass is 127. The summed E-state index contributed by atoms with van der Waals surface area (Å²) in [5.41, 5.74) is 1.34. The lowest BCUT2D eigenvalue weighted by molar-refractivity contribution is 0.105. The Morgan fingerprint density at radius 1 is 1.21 bits per heavy atom. The number of hydrogen-bond donors (Lipinski definition) is 2. The van der Waals surface area contributed by atoms with Crippen LogP contribution >= 0.6 is 35.6 Å². The number of nitrogens with one attached hydrogen (secondary N) is 2. The van der Waals surface area contributed by atoms with Crippen molar-refractivity contribution in [2.24, 2.45) is 10.4 Å². The third kappa shape index (κ3) is 6.79. The zero-order valence-electron chi connectivity index (χ0n) is 17.4. The van der Waals surface area contributed by atoms with Crippen LogP contribution in [0.1, 0.15) is 44.6 Å². The number of benzene rings is 1. The lowest BCUT2D eigenvalue weighted by atomic mass is 9.83. The highest BCUT2D eigenvalue weighted by Gasteiger charge is 2.33. The van der Waals surface area contributed by atoms with E-state index in [2.05, 4.69) is 22.5 Å². The summed E-state index contributed by atoms with van der Waals surface area (Å²) < 4.78 is 16.8. The molecule has 29 heavy (non-hydrogen) atoms. The third-order valence-electron chi connectivity index (χ3n) is 5.62. The standard InChI is InChI=1S/C21H32ClN3O3.HI/c1-3-26-9-8-21(6-4-5-7-21)15-25-20(23-2)24-14-16-12-17(22)19-18(13-16)27-10-11-28-19;/h12-13H,3-11,14-15H2,1-2H3,(H2,23,24,25);1H. The van der Waals surface area contributed by atoms with Gasteiger partial charge in [-0.25, -0.2) is 0 Å². The molecule has 164 valence electrons. The SMILES string of the molecule is CCOCCC1(CNC(=NC)NCc2cc(Cl)c3c(c2)OCCO3)CCCC1.I. The molecule has 3 rings (SSSR count). The Morgan fingerprint density at radius 2 is 1.97 bits per heavy atom. The number of rotatable bonds is 8. The molecule has 1 aliphatic carbocycles. The van der Waals surface area contributed by atoms with Crippen molar-refractivity contribution in [2.45, 2.75) is 45.6 Å². The average Bonchev–Trinajstić information content (AvgIpc) is 3.17. The van der Waals surface area contributed by atoms with Gasteiger partial charge in [0, 0.05) is 33.4 Å². The minimum atomic E-state index is 0. The van der Waals surface area contributed by atoms with Gasteiger partial charge < -0.3 is 24.8 Å². The van der Waals surface area contributed by atoms with Crippen molar-refractivity contribution in [3.05, 3.63) is 22.7 Å². The molecule has 1 aromatic carbocycles. The molecular weight excluding hydrogens is 505 g/mol. The summed E-state index contributed by atoms with van der Waals surface area (Å²) in [7, 11) is 1.80. The van der Waals surface area contributed by atoms with E-state index in [9.17, 15) is 0 Å². The summed E-state index contributed by atoms with van der Waals surface area (Å²) in [6, 6.07) is 3.89. The van der Waals surface area contributed by atoms with Crippen LogP contribution in [0.15, 0.2) is 17.1 Å². The van der Waals surface area contributed by atoms with Gasteiger partial charge in [0.15, 0.2) is 17.5 Å². The molecule has 8 heteroatoms. The van der Waals surface area contributed by atoms with Crippen molar-refractivity contribution < 1.29 is 14.2 Å². The van der Waals surface area contributed by atoms with Crippen molar-refractivity contribution in [1.82, 2.24) is 10.6 Å². The Morgan fingerprint density at radius 3 is 2.69 bits per heavy atom. The smallest absolute Gasteiger partial charge is 0.191 e. The molecule has 1 fully saturated rings. The molecule has 2 aliphatic rings. The van der Waals surface area contributed by atoms with Gasteiger partial charge in [0.1, 0.15) is 13.2 Å². The minimum Gasteiger partial charge on any atom is -0.486 e. The molecule has 2 N–H and O–H groups in total. The van der Waals surface area contributed by atoms with Crippen LogP contribution in [-0.2, 0) is 11.3 Å². The maximum absolute atomic E-state index is 6.33. The predicted molar refractivity (Wildman–Crippen MR) is 128 cm³/mol. The summed E-state index contributed by atoms with van der Waals surface area (Å²) in [4.78, 5) is 4.38. The van der Waals surface area contributed by atoms with Crippen molar-refractivity contribution in [3.63, 3.8) is 0 Å². The van der Waals surface area contributed by atoms with E-state index in [1.165, 1.54) is 25.7 Å². The van der Waals surface area contributed by atoms with Gasteiger partial charge in [-0.05, 0) is 49.3 Å². The minimum absolute atomic E-state index is 0. The predicted octanol–water partition coefficient (Wildman–Crippen LogP) is 4.38. The number of fused-ring (bicyclic) bond motifs is 1. The Hall–Kier alpha value is -0.930. The summed E-state index contributed by atoms with van der Waals surface area (Å²) in [6.07, 6.45) is 6.21. The second-order valence-electron chi connectivity index (χ2n) is 7.54. The Labute approximate surface area is 196 Å². The van der Waals surface area contributed by atoms with Crippen LogP contribution in [-0.4, -0.2) is 46.0 Å². The largest absolute Gasteiger partial charge is 0.486 e. The Kier molecular flexibility index (Phi) is 10.1. The van der Waals surface area contributed by atoms with E-state index in [0.29, 0.717) is 41.7 Å². The molecule has 0 bridgehead atoms.